The van der Waals surface area contributed by atoms with Crippen LogP contribution in [0.25, 0.3) is 11.4 Å². The van der Waals surface area contributed by atoms with Gasteiger partial charge in [0.2, 0.25) is 0 Å². The van der Waals surface area contributed by atoms with E-state index in [9.17, 15) is 4.79 Å². The van der Waals surface area contributed by atoms with E-state index in [1.165, 1.54) is 0 Å². The molecule has 3 heterocycles. The van der Waals surface area contributed by atoms with Crippen LogP contribution in [-0.4, -0.2) is 46.5 Å². The third-order valence-electron chi connectivity index (χ3n) is 4.01. The second-order valence-corrected chi connectivity index (χ2v) is 7.07. The number of carbonyl (C=O) groups is 1. The van der Waals surface area contributed by atoms with Crippen LogP contribution >= 0.6 is 0 Å². The highest BCUT2D eigenvalue weighted by molar-refractivity contribution is 5.69. The number of rotatable bonds is 3. The van der Waals surface area contributed by atoms with Crippen LogP contribution in [0.2, 0.25) is 0 Å². The van der Waals surface area contributed by atoms with Crippen molar-refractivity contribution in [3.63, 3.8) is 0 Å². The summed E-state index contributed by atoms with van der Waals surface area (Å²) < 4.78 is 16.5. The summed E-state index contributed by atoms with van der Waals surface area (Å²) in [6.45, 7) is 5.99. The molecule has 0 radical (unpaired) electrons. The number of amides is 1. The monoisotopic (exact) mass is 345 g/mol. The van der Waals surface area contributed by atoms with E-state index in [-0.39, 0.29) is 18.2 Å². The Morgan fingerprint density at radius 2 is 2.12 bits per heavy atom. The van der Waals surface area contributed by atoms with Crippen molar-refractivity contribution in [2.45, 2.75) is 44.9 Å². The van der Waals surface area contributed by atoms with Crippen molar-refractivity contribution in [3.05, 3.63) is 36.2 Å². The number of ether oxygens (including phenoxy) is 2. The molecule has 134 valence electrons. The second kappa shape index (κ2) is 6.84. The molecule has 0 aliphatic carbocycles. The second-order valence-electron chi connectivity index (χ2n) is 7.07. The lowest BCUT2D eigenvalue weighted by atomic mass is 10.1. The third-order valence-corrected chi connectivity index (χ3v) is 4.01. The molecule has 0 N–H and O–H groups in total. The SMILES string of the molecule is COC1CC(c2cc(-c3ccccn3)no2)N(C(=O)OC(C)(C)C)C1. The number of pyridine rings is 1. The van der Waals surface area contributed by atoms with E-state index in [2.05, 4.69) is 10.1 Å². The minimum atomic E-state index is -0.562. The Labute approximate surface area is 146 Å². The van der Waals surface area contributed by atoms with Crippen LogP contribution in [0, 0.1) is 0 Å². The molecule has 0 aromatic carbocycles. The maximum atomic E-state index is 12.6. The first kappa shape index (κ1) is 17.4. The van der Waals surface area contributed by atoms with Gasteiger partial charge in [-0.2, -0.15) is 0 Å². The van der Waals surface area contributed by atoms with Crippen LogP contribution in [0.4, 0.5) is 4.79 Å². The van der Waals surface area contributed by atoms with Gasteiger partial charge < -0.3 is 14.0 Å². The molecule has 25 heavy (non-hydrogen) atoms. The zero-order valence-electron chi connectivity index (χ0n) is 14.9. The van der Waals surface area contributed by atoms with E-state index in [4.69, 9.17) is 14.0 Å². The molecular formula is C18H23N3O4. The van der Waals surface area contributed by atoms with Gasteiger partial charge in [0.05, 0.1) is 24.4 Å². The summed E-state index contributed by atoms with van der Waals surface area (Å²) in [5.41, 5.74) is 0.802. The van der Waals surface area contributed by atoms with Gasteiger partial charge in [-0.25, -0.2) is 4.79 Å². The van der Waals surface area contributed by atoms with Gasteiger partial charge in [-0.3, -0.25) is 9.88 Å². The Hall–Kier alpha value is -2.41. The van der Waals surface area contributed by atoms with Gasteiger partial charge >= 0.3 is 6.09 Å². The molecule has 0 spiro atoms. The van der Waals surface area contributed by atoms with E-state index in [1.807, 2.05) is 45.0 Å². The standard InChI is InChI=1S/C18H23N3O4/c1-18(2,3)24-17(22)21-11-12(23-4)9-15(21)16-10-14(20-25-16)13-7-5-6-8-19-13/h5-8,10,12,15H,9,11H2,1-4H3. The van der Waals surface area contributed by atoms with Crippen molar-refractivity contribution in [2.75, 3.05) is 13.7 Å². The van der Waals surface area contributed by atoms with Crippen molar-refractivity contribution in [1.29, 1.82) is 0 Å². The minimum Gasteiger partial charge on any atom is -0.444 e. The van der Waals surface area contributed by atoms with E-state index < -0.39 is 5.60 Å². The largest absolute Gasteiger partial charge is 0.444 e. The number of nitrogens with zero attached hydrogens (tertiary/aromatic N) is 3. The van der Waals surface area contributed by atoms with Crippen LogP contribution in [0.15, 0.2) is 35.0 Å². The zero-order chi connectivity index (χ0) is 18.0. The molecule has 2 unspecified atom stereocenters. The number of hydrogen-bond acceptors (Lipinski definition) is 6. The Morgan fingerprint density at radius 1 is 1.32 bits per heavy atom. The highest BCUT2D eigenvalue weighted by Crippen LogP contribution is 2.35. The van der Waals surface area contributed by atoms with E-state index in [0.717, 1.165) is 5.69 Å². The van der Waals surface area contributed by atoms with Gasteiger partial charge in [-0.05, 0) is 32.9 Å². The van der Waals surface area contributed by atoms with Crippen molar-refractivity contribution in [1.82, 2.24) is 15.0 Å². The molecule has 1 aliphatic rings. The van der Waals surface area contributed by atoms with Crippen molar-refractivity contribution < 1.29 is 18.8 Å². The Kier molecular flexibility index (Phi) is 4.76. The lowest BCUT2D eigenvalue weighted by molar-refractivity contribution is 0.0178. The van der Waals surface area contributed by atoms with E-state index in [1.54, 1.807) is 18.2 Å². The molecular weight excluding hydrogens is 322 g/mol. The van der Waals surface area contributed by atoms with Crippen LogP contribution in [-0.2, 0) is 9.47 Å². The molecule has 0 bridgehead atoms. The number of aromatic nitrogens is 2. The molecule has 1 aliphatic heterocycles. The van der Waals surface area contributed by atoms with Gasteiger partial charge in [0, 0.05) is 25.8 Å². The van der Waals surface area contributed by atoms with E-state index in [0.29, 0.717) is 24.4 Å². The predicted molar refractivity (Wildman–Crippen MR) is 90.8 cm³/mol. The van der Waals surface area contributed by atoms with E-state index >= 15 is 0 Å². The van der Waals surface area contributed by atoms with Gasteiger partial charge in [-0.1, -0.05) is 11.2 Å². The summed E-state index contributed by atoms with van der Waals surface area (Å²) in [6.07, 6.45) is 1.88. The van der Waals surface area contributed by atoms with Crippen molar-refractivity contribution in [2.24, 2.45) is 0 Å². The lowest BCUT2D eigenvalue weighted by Crippen LogP contribution is -2.37. The summed E-state index contributed by atoms with van der Waals surface area (Å²) in [5, 5.41) is 4.09. The van der Waals surface area contributed by atoms with Crippen LogP contribution in [0.1, 0.15) is 39.0 Å². The molecule has 7 nitrogen and oxygen atoms in total. The molecule has 1 saturated heterocycles. The normalized spacial score (nSPS) is 20.7. The minimum absolute atomic E-state index is 0.0686. The quantitative estimate of drug-likeness (QED) is 0.848. The molecule has 7 heteroatoms. The number of methoxy groups -OCH3 is 1. The fraction of sp³-hybridized carbons (Fsp3) is 0.500. The molecule has 0 saturated carbocycles. The first-order valence-electron chi connectivity index (χ1n) is 8.28. The molecule has 1 amide bonds. The van der Waals surface area contributed by atoms with Crippen molar-refractivity contribution in [3.8, 4) is 11.4 Å². The first-order valence-corrected chi connectivity index (χ1v) is 8.28. The maximum Gasteiger partial charge on any atom is 0.411 e. The Balaban J connectivity index is 1.83. The molecule has 2 atom stereocenters. The smallest absolute Gasteiger partial charge is 0.411 e. The lowest BCUT2D eigenvalue weighted by Gasteiger charge is -2.27. The van der Waals surface area contributed by atoms with Gasteiger partial charge in [0.25, 0.3) is 0 Å². The van der Waals surface area contributed by atoms with Crippen LogP contribution < -0.4 is 0 Å². The first-order chi connectivity index (χ1) is 11.9. The summed E-state index contributed by atoms with van der Waals surface area (Å²) in [7, 11) is 1.64. The van der Waals surface area contributed by atoms with Crippen LogP contribution in [0.5, 0.6) is 0 Å². The molecule has 2 aromatic heterocycles. The summed E-state index contributed by atoms with van der Waals surface area (Å²) in [4.78, 5) is 18.5. The summed E-state index contributed by atoms with van der Waals surface area (Å²) >= 11 is 0. The van der Waals surface area contributed by atoms with Gasteiger partial charge in [-0.15, -0.1) is 0 Å². The van der Waals surface area contributed by atoms with Gasteiger partial charge in [0.15, 0.2) is 5.76 Å². The highest BCUT2D eigenvalue weighted by Gasteiger charge is 2.40. The Morgan fingerprint density at radius 3 is 2.76 bits per heavy atom. The van der Waals surface area contributed by atoms with Gasteiger partial charge in [0.1, 0.15) is 11.3 Å². The number of likely N-dealkylation sites (tertiary alicyclic amines) is 1. The maximum absolute atomic E-state index is 12.6. The number of hydrogen-bond donors (Lipinski definition) is 0. The third kappa shape index (κ3) is 3.99. The highest BCUT2D eigenvalue weighted by atomic mass is 16.6. The fourth-order valence-electron chi connectivity index (χ4n) is 2.84. The van der Waals surface area contributed by atoms with Crippen LogP contribution in [0.3, 0.4) is 0 Å². The topological polar surface area (TPSA) is 77.7 Å². The summed E-state index contributed by atoms with van der Waals surface area (Å²) in [5.74, 6) is 0.603. The average Bonchev–Trinajstić information content (AvgIpc) is 3.21. The molecule has 1 fully saturated rings. The summed E-state index contributed by atoms with van der Waals surface area (Å²) in [6, 6.07) is 7.14. The fourth-order valence-corrected chi connectivity index (χ4v) is 2.84. The molecule has 2 aromatic rings. The zero-order valence-corrected chi connectivity index (χ0v) is 14.9. The molecule has 3 rings (SSSR count). The average molecular weight is 345 g/mol. The number of carbonyl (C=O) groups excluding carboxylic acids is 1. The predicted octanol–water partition coefficient (Wildman–Crippen LogP) is 3.43. The Bertz CT molecular complexity index is 723. The van der Waals surface area contributed by atoms with Crippen molar-refractivity contribution >= 4 is 6.09 Å².